The SMILES string of the molecule is CCCOC(=O)Cc1ccc(S(N)(=O)=O)s1. The van der Waals surface area contributed by atoms with Crippen LogP contribution in [0.15, 0.2) is 16.3 Å². The van der Waals surface area contributed by atoms with Crippen LogP contribution in [0.25, 0.3) is 0 Å². The lowest BCUT2D eigenvalue weighted by Gasteiger charge is -2.00. The van der Waals surface area contributed by atoms with E-state index in [4.69, 9.17) is 9.88 Å². The predicted molar refractivity (Wildman–Crippen MR) is 60.6 cm³/mol. The molecule has 1 aromatic heterocycles. The Hall–Kier alpha value is -0.920. The summed E-state index contributed by atoms with van der Waals surface area (Å²) in [6.45, 7) is 2.28. The van der Waals surface area contributed by atoms with E-state index in [1.54, 1.807) is 6.07 Å². The molecule has 0 spiro atoms. The summed E-state index contributed by atoms with van der Waals surface area (Å²) in [5, 5.41) is 4.95. The summed E-state index contributed by atoms with van der Waals surface area (Å²) in [6, 6.07) is 2.96. The normalized spacial score (nSPS) is 11.4. The number of rotatable bonds is 5. The van der Waals surface area contributed by atoms with Gasteiger partial charge >= 0.3 is 5.97 Å². The zero-order chi connectivity index (χ0) is 12.2. The van der Waals surface area contributed by atoms with E-state index in [9.17, 15) is 13.2 Å². The second kappa shape index (κ2) is 5.42. The maximum Gasteiger partial charge on any atom is 0.311 e. The molecule has 0 aromatic carbocycles. The molecule has 90 valence electrons. The zero-order valence-electron chi connectivity index (χ0n) is 8.80. The molecule has 0 fully saturated rings. The van der Waals surface area contributed by atoms with Crippen molar-refractivity contribution in [3.8, 4) is 0 Å². The van der Waals surface area contributed by atoms with Gasteiger partial charge in [0.1, 0.15) is 4.21 Å². The maximum atomic E-state index is 11.2. The Bertz CT molecular complexity index is 464. The number of carbonyl (C=O) groups is 1. The van der Waals surface area contributed by atoms with Gasteiger partial charge < -0.3 is 4.74 Å². The average molecular weight is 263 g/mol. The first kappa shape index (κ1) is 13.1. The van der Waals surface area contributed by atoms with Crippen LogP contribution in [-0.4, -0.2) is 21.0 Å². The molecule has 0 atom stereocenters. The monoisotopic (exact) mass is 263 g/mol. The fourth-order valence-electron chi connectivity index (χ4n) is 1.02. The van der Waals surface area contributed by atoms with E-state index in [0.29, 0.717) is 11.5 Å². The fraction of sp³-hybridized carbons (Fsp3) is 0.444. The van der Waals surface area contributed by atoms with Gasteiger partial charge in [-0.05, 0) is 18.6 Å². The third kappa shape index (κ3) is 3.92. The highest BCUT2D eigenvalue weighted by atomic mass is 32.2. The van der Waals surface area contributed by atoms with Crippen LogP contribution in [0.4, 0.5) is 0 Å². The highest BCUT2D eigenvalue weighted by Crippen LogP contribution is 2.20. The largest absolute Gasteiger partial charge is 0.465 e. The lowest BCUT2D eigenvalue weighted by molar-refractivity contribution is -0.142. The fourth-order valence-corrected chi connectivity index (χ4v) is 2.78. The predicted octanol–water partition coefficient (Wildman–Crippen LogP) is 0.891. The highest BCUT2D eigenvalue weighted by Gasteiger charge is 2.13. The van der Waals surface area contributed by atoms with Crippen molar-refractivity contribution >= 4 is 27.3 Å². The summed E-state index contributed by atoms with van der Waals surface area (Å²) in [5.41, 5.74) is 0. The standard InChI is InChI=1S/C9H13NO4S2/c1-2-5-14-8(11)6-7-3-4-9(15-7)16(10,12)13/h3-4H,2,5-6H2,1H3,(H2,10,12,13). The van der Waals surface area contributed by atoms with Crippen molar-refractivity contribution in [2.75, 3.05) is 6.61 Å². The Morgan fingerprint density at radius 2 is 2.19 bits per heavy atom. The van der Waals surface area contributed by atoms with E-state index in [0.717, 1.165) is 17.8 Å². The average Bonchev–Trinajstić information content (AvgIpc) is 2.62. The van der Waals surface area contributed by atoms with Crippen LogP contribution >= 0.6 is 11.3 Å². The van der Waals surface area contributed by atoms with Gasteiger partial charge in [-0.2, -0.15) is 0 Å². The van der Waals surface area contributed by atoms with Gasteiger partial charge in [-0.3, -0.25) is 4.79 Å². The summed E-state index contributed by atoms with van der Waals surface area (Å²) in [5.74, 6) is -0.357. The second-order valence-corrected chi connectivity index (χ2v) is 6.12. The van der Waals surface area contributed by atoms with Gasteiger partial charge in [-0.15, -0.1) is 11.3 Å². The van der Waals surface area contributed by atoms with Crippen LogP contribution in [0.5, 0.6) is 0 Å². The first-order valence-corrected chi connectivity index (χ1v) is 7.07. The molecule has 0 saturated heterocycles. The molecule has 0 aliphatic carbocycles. The second-order valence-electron chi connectivity index (χ2n) is 3.16. The van der Waals surface area contributed by atoms with Gasteiger partial charge in [-0.25, -0.2) is 13.6 Å². The zero-order valence-corrected chi connectivity index (χ0v) is 10.4. The lowest BCUT2D eigenvalue weighted by atomic mass is 10.3. The number of thiophene rings is 1. The number of ether oxygens (including phenoxy) is 1. The molecule has 0 aliphatic heterocycles. The van der Waals surface area contributed by atoms with Crippen LogP contribution < -0.4 is 5.14 Å². The van der Waals surface area contributed by atoms with E-state index in [2.05, 4.69) is 0 Å². The van der Waals surface area contributed by atoms with Crippen molar-refractivity contribution in [1.82, 2.24) is 0 Å². The number of carbonyl (C=O) groups excluding carboxylic acids is 1. The van der Waals surface area contributed by atoms with E-state index < -0.39 is 10.0 Å². The van der Waals surface area contributed by atoms with Crippen molar-refractivity contribution in [1.29, 1.82) is 0 Å². The Kier molecular flexibility index (Phi) is 4.45. The molecule has 0 saturated carbocycles. The molecule has 0 aliphatic rings. The van der Waals surface area contributed by atoms with Crippen LogP contribution in [0.1, 0.15) is 18.2 Å². The molecule has 1 heterocycles. The van der Waals surface area contributed by atoms with Crippen molar-refractivity contribution in [3.63, 3.8) is 0 Å². The summed E-state index contributed by atoms with van der Waals surface area (Å²) in [4.78, 5) is 11.9. The third-order valence-electron chi connectivity index (χ3n) is 1.70. The minimum Gasteiger partial charge on any atom is -0.465 e. The summed E-state index contributed by atoms with van der Waals surface area (Å²) in [6.07, 6.45) is 0.846. The molecule has 0 amide bonds. The van der Waals surface area contributed by atoms with Crippen molar-refractivity contribution in [3.05, 3.63) is 17.0 Å². The molecule has 0 bridgehead atoms. The van der Waals surface area contributed by atoms with Crippen molar-refractivity contribution in [2.45, 2.75) is 24.0 Å². The third-order valence-corrected chi connectivity index (χ3v) is 4.23. The van der Waals surface area contributed by atoms with E-state index in [-0.39, 0.29) is 16.6 Å². The molecular formula is C9H13NO4S2. The van der Waals surface area contributed by atoms with Crippen LogP contribution in [0.3, 0.4) is 0 Å². The Balaban J connectivity index is 2.63. The molecule has 16 heavy (non-hydrogen) atoms. The number of hydrogen-bond acceptors (Lipinski definition) is 5. The number of esters is 1. The van der Waals surface area contributed by atoms with Gasteiger partial charge in [0, 0.05) is 4.88 Å². The van der Waals surface area contributed by atoms with Crippen molar-refractivity contribution in [2.24, 2.45) is 5.14 Å². The summed E-state index contributed by atoms with van der Waals surface area (Å²) < 4.78 is 26.9. The molecule has 7 heteroatoms. The number of hydrogen-bond donors (Lipinski definition) is 1. The van der Waals surface area contributed by atoms with E-state index >= 15 is 0 Å². The first-order chi connectivity index (χ1) is 7.43. The van der Waals surface area contributed by atoms with Gasteiger partial charge in [0.2, 0.25) is 10.0 Å². The molecule has 0 unspecified atom stereocenters. The minimum absolute atomic E-state index is 0.0609. The highest BCUT2D eigenvalue weighted by molar-refractivity contribution is 7.91. The van der Waals surface area contributed by atoms with Crippen molar-refractivity contribution < 1.29 is 17.9 Å². The number of nitrogens with two attached hydrogens (primary N) is 1. The molecule has 2 N–H and O–H groups in total. The van der Waals surface area contributed by atoms with Crippen LogP contribution in [-0.2, 0) is 26.0 Å². The molecular weight excluding hydrogens is 250 g/mol. The summed E-state index contributed by atoms with van der Waals surface area (Å²) >= 11 is 0.988. The minimum atomic E-state index is -3.67. The topological polar surface area (TPSA) is 86.5 Å². The van der Waals surface area contributed by atoms with E-state index in [1.807, 2.05) is 6.92 Å². The quantitative estimate of drug-likeness (QED) is 0.799. The molecule has 1 aromatic rings. The molecule has 0 radical (unpaired) electrons. The van der Waals surface area contributed by atoms with Gasteiger partial charge in [-0.1, -0.05) is 6.92 Å². The number of sulfonamides is 1. The van der Waals surface area contributed by atoms with Crippen LogP contribution in [0.2, 0.25) is 0 Å². The van der Waals surface area contributed by atoms with Gasteiger partial charge in [0.15, 0.2) is 0 Å². The van der Waals surface area contributed by atoms with Gasteiger partial charge in [0.05, 0.1) is 13.0 Å². The van der Waals surface area contributed by atoms with E-state index in [1.165, 1.54) is 6.07 Å². The molecule has 5 nitrogen and oxygen atoms in total. The lowest BCUT2D eigenvalue weighted by Crippen LogP contribution is -2.10. The number of primary sulfonamides is 1. The maximum absolute atomic E-state index is 11.2. The Morgan fingerprint density at radius 3 is 2.69 bits per heavy atom. The Labute approximate surface area is 98.3 Å². The van der Waals surface area contributed by atoms with Gasteiger partial charge in [0.25, 0.3) is 0 Å². The molecule has 1 rings (SSSR count). The Morgan fingerprint density at radius 1 is 1.50 bits per heavy atom. The smallest absolute Gasteiger partial charge is 0.311 e. The van der Waals surface area contributed by atoms with Crippen LogP contribution in [0, 0.1) is 0 Å². The summed E-state index contributed by atoms with van der Waals surface area (Å²) in [7, 11) is -3.67. The first-order valence-electron chi connectivity index (χ1n) is 4.70.